The second-order valence-electron chi connectivity index (χ2n) is 3.08. The molecule has 14 heavy (non-hydrogen) atoms. The molecule has 0 unspecified atom stereocenters. The topological polar surface area (TPSA) is 12.9 Å². The van der Waals surface area contributed by atoms with Crippen molar-refractivity contribution in [3.05, 3.63) is 39.5 Å². The molecular weight excluding hydrogens is 261 g/mol. The van der Waals surface area contributed by atoms with E-state index in [9.17, 15) is 0 Å². The van der Waals surface area contributed by atoms with E-state index in [-0.39, 0.29) is 0 Å². The molecule has 2 aromatic rings. The highest BCUT2D eigenvalue weighted by molar-refractivity contribution is 9.10. The number of benzene rings is 1. The van der Waals surface area contributed by atoms with Crippen LogP contribution >= 0.6 is 27.5 Å². The first-order valence-corrected chi connectivity index (χ1v) is 5.63. The van der Waals surface area contributed by atoms with E-state index in [0.29, 0.717) is 0 Å². The van der Waals surface area contributed by atoms with E-state index in [0.717, 1.165) is 32.5 Å². The smallest absolute Gasteiger partial charge is 0.0862 e. The van der Waals surface area contributed by atoms with E-state index >= 15 is 0 Å². The Bertz CT molecular complexity index is 482. The standard InChI is InChI=1S/C11H9BrClN/c1-2-7-6-10(13)8-4-3-5-9(12)11(8)14-7/h3-6H,2H2,1H3. The molecule has 0 saturated heterocycles. The lowest BCUT2D eigenvalue weighted by Crippen LogP contribution is -1.89. The quantitative estimate of drug-likeness (QED) is 0.756. The average Bonchev–Trinajstić information content (AvgIpc) is 2.19. The third-order valence-electron chi connectivity index (χ3n) is 2.16. The van der Waals surface area contributed by atoms with E-state index in [4.69, 9.17) is 11.6 Å². The highest BCUT2D eigenvalue weighted by atomic mass is 79.9. The molecular formula is C11H9BrClN. The van der Waals surface area contributed by atoms with Gasteiger partial charge in [-0.2, -0.15) is 0 Å². The molecule has 0 saturated carbocycles. The monoisotopic (exact) mass is 269 g/mol. The van der Waals surface area contributed by atoms with Gasteiger partial charge in [0.25, 0.3) is 0 Å². The maximum atomic E-state index is 6.15. The minimum atomic E-state index is 0.771. The van der Waals surface area contributed by atoms with E-state index < -0.39 is 0 Å². The number of halogens is 2. The summed E-state index contributed by atoms with van der Waals surface area (Å²) in [7, 11) is 0. The van der Waals surface area contributed by atoms with Crippen LogP contribution in [0.3, 0.4) is 0 Å². The molecule has 3 heteroatoms. The SMILES string of the molecule is CCc1cc(Cl)c2cccc(Br)c2n1. The lowest BCUT2D eigenvalue weighted by molar-refractivity contribution is 1.06. The highest BCUT2D eigenvalue weighted by Gasteiger charge is 2.05. The van der Waals surface area contributed by atoms with Gasteiger partial charge in [0.05, 0.1) is 10.5 Å². The summed E-state index contributed by atoms with van der Waals surface area (Å²) in [5.41, 5.74) is 1.96. The zero-order valence-electron chi connectivity index (χ0n) is 7.72. The fraction of sp³-hybridized carbons (Fsp3) is 0.182. The van der Waals surface area contributed by atoms with Crippen molar-refractivity contribution >= 4 is 38.4 Å². The van der Waals surface area contributed by atoms with Crippen LogP contribution in [0.2, 0.25) is 5.02 Å². The fourth-order valence-corrected chi connectivity index (χ4v) is 2.14. The highest BCUT2D eigenvalue weighted by Crippen LogP contribution is 2.28. The zero-order valence-corrected chi connectivity index (χ0v) is 10.1. The molecule has 1 nitrogen and oxygen atoms in total. The Balaban J connectivity index is 2.83. The van der Waals surface area contributed by atoms with Crippen LogP contribution in [-0.2, 0) is 6.42 Å². The van der Waals surface area contributed by atoms with Gasteiger partial charge in [0.2, 0.25) is 0 Å². The summed E-state index contributed by atoms with van der Waals surface area (Å²) in [6, 6.07) is 7.85. The summed E-state index contributed by atoms with van der Waals surface area (Å²) in [5.74, 6) is 0. The Morgan fingerprint density at radius 1 is 1.43 bits per heavy atom. The molecule has 0 amide bonds. The second kappa shape index (κ2) is 3.87. The van der Waals surface area contributed by atoms with Crippen molar-refractivity contribution in [2.24, 2.45) is 0 Å². The Morgan fingerprint density at radius 3 is 2.93 bits per heavy atom. The molecule has 2 rings (SSSR count). The lowest BCUT2D eigenvalue weighted by atomic mass is 10.2. The fourth-order valence-electron chi connectivity index (χ4n) is 1.40. The van der Waals surface area contributed by atoms with Crippen molar-refractivity contribution in [3.8, 4) is 0 Å². The summed E-state index contributed by atoms with van der Waals surface area (Å²) < 4.78 is 0.993. The molecule has 1 heterocycles. The molecule has 72 valence electrons. The molecule has 1 aromatic heterocycles. The number of aryl methyl sites for hydroxylation is 1. The Kier molecular flexibility index (Phi) is 2.75. The molecule has 0 fully saturated rings. The number of para-hydroxylation sites is 1. The number of aromatic nitrogens is 1. The van der Waals surface area contributed by atoms with Crippen LogP contribution in [0.25, 0.3) is 10.9 Å². The minimum absolute atomic E-state index is 0.771. The summed E-state index contributed by atoms with van der Waals surface area (Å²) in [6.45, 7) is 2.07. The second-order valence-corrected chi connectivity index (χ2v) is 4.35. The van der Waals surface area contributed by atoms with Crippen molar-refractivity contribution in [3.63, 3.8) is 0 Å². The van der Waals surface area contributed by atoms with Crippen LogP contribution in [0.4, 0.5) is 0 Å². The Labute approximate surface area is 96.2 Å². The maximum absolute atomic E-state index is 6.15. The molecule has 0 aliphatic heterocycles. The van der Waals surface area contributed by atoms with Gasteiger partial charge < -0.3 is 0 Å². The average molecular weight is 271 g/mol. The first-order valence-electron chi connectivity index (χ1n) is 4.46. The van der Waals surface area contributed by atoms with Crippen LogP contribution in [0.1, 0.15) is 12.6 Å². The molecule has 0 radical (unpaired) electrons. The third kappa shape index (κ3) is 1.64. The van der Waals surface area contributed by atoms with Gasteiger partial charge in [-0.15, -0.1) is 0 Å². The number of rotatable bonds is 1. The van der Waals surface area contributed by atoms with Crippen molar-refractivity contribution in [1.82, 2.24) is 4.98 Å². The van der Waals surface area contributed by atoms with E-state index in [1.807, 2.05) is 24.3 Å². The minimum Gasteiger partial charge on any atom is -0.252 e. The van der Waals surface area contributed by atoms with Gasteiger partial charge in [0, 0.05) is 15.6 Å². The lowest BCUT2D eigenvalue weighted by Gasteiger charge is -2.04. The van der Waals surface area contributed by atoms with Gasteiger partial charge in [-0.3, -0.25) is 4.98 Å². The van der Waals surface area contributed by atoms with Crippen LogP contribution < -0.4 is 0 Å². The largest absolute Gasteiger partial charge is 0.252 e. The van der Waals surface area contributed by atoms with Crippen LogP contribution in [0, 0.1) is 0 Å². The van der Waals surface area contributed by atoms with Gasteiger partial charge in [0.15, 0.2) is 0 Å². The number of hydrogen-bond donors (Lipinski definition) is 0. The van der Waals surface area contributed by atoms with Gasteiger partial charge in [0.1, 0.15) is 0 Å². The summed E-state index contributed by atoms with van der Waals surface area (Å²) in [5, 5.41) is 1.77. The Hall–Kier alpha value is -0.600. The molecule has 1 aromatic carbocycles. The maximum Gasteiger partial charge on any atom is 0.0862 e. The van der Waals surface area contributed by atoms with Gasteiger partial charge >= 0.3 is 0 Å². The van der Waals surface area contributed by atoms with E-state index in [2.05, 4.69) is 27.8 Å². The van der Waals surface area contributed by atoms with Crippen LogP contribution in [0.15, 0.2) is 28.7 Å². The van der Waals surface area contributed by atoms with Crippen molar-refractivity contribution in [2.45, 2.75) is 13.3 Å². The van der Waals surface area contributed by atoms with Gasteiger partial charge in [-0.05, 0) is 34.5 Å². The van der Waals surface area contributed by atoms with Crippen molar-refractivity contribution < 1.29 is 0 Å². The predicted octanol–water partition coefficient (Wildman–Crippen LogP) is 4.21. The summed E-state index contributed by atoms with van der Waals surface area (Å²) in [6.07, 6.45) is 0.900. The van der Waals surface area contributed by atoms with Gasteiger partial charge in [-0.1, -0.05) is 30.7 Å². The molecule has 0 aliphatic rings. The van der Waals surface area contributed by atoms with E-state index in [1.54, 1.807) is 0 Å². The first-order chi connectivity index (χ1) is 6.72. The third-order valence-corrected chi connectivity index (χ3v) is 3.11. The van der Waals surface area contributed by atoms with E-state index in [1.165, 1.54) is 0 Å². The Morgan fingerprint density at radius 2 is 2.21 bits per heavy atom. The molecule has 0 atom stereocenters. The molecule has 0 N–H and O–H groups in total. The zero-order chi connectivity index (χ0) is 10.1. The first kappa shape index (κ1) is 9.94. The predicted molar refractivity (Wildman–Crippen MR) is 63.8 cm³/mol. The normalized spacial score (nSPS) is 10.8. The molecule has 0 aliphatic carbocycles. The number of fused-ring (bicyclic) bond motifs is 1. The number of hydrogen-bond acceptors (Lipinski definition) is 1. The van der Waals surface area contributed by atoms with Crippen molar-refractivity contribution in [1.29, 1.82) is 0 Å². The number of pyridine rings is 1. The number of nitrogens with zero attached hydrogens (tertiary/aromatic N) is 1. The van der Waals surface area contributed by atoms with Gasteiger partial charge in [-0.25, -0.2) is 0 Å². The van der Waals surface area contributed by atoms with Crippen molar-refractivity contribution in [2.75, 3.05) is 0 Å². The van der Waals surface area contributed by atoms with Crippen LogP contribution in [0.5, 0.6) is 0 Å². The summed E-state index contributed by atoms with van der Waals surface area (Å²) in [4.78, 5) is 4.52. The van der Waals surface area contributed by atoms with Crippen LogP contribution in [-0.4, -0.2) is 4.98 Å². The summed E-state index contributed by atoms with van der Waals surface area (Å²) >= 11 is 9.63. The molecule has 0 spiro atoms. The molecule has 0 bridgehead atoms.